The van der Waals surface area contributed by atoms with Crippen molar-refractivity contribution >= 4 is 21.6 Å². The number of hydrogen-bond donors (Lipinski definition) is 1. The van der Waals surface area contributed by atoms with Crippen LogP contribution in [0.1, 0.15) is 12.8 Å². The van der Waals surface area contributed by atoms with Crippen molar-refractivity contribution in [2.75, 3.05) is 13.6 Å². The largest absolute Gasteiger partial charge is 0.329 e. The van der Waals surface area contributed by atoms with E-state index in [0.29, 0.717) is 0 Å². The van der Waals surface area contributed by atoms with Gasteiger partial charge in [0.1, 0.15) is 10.7 Å². The molecule has 0 aliphatic heterocycles. The molecular formula is C12H16ClFN2O2S. The van der Waals surface area contributed by atoms with Gasteiger partial charge in [0.2, 0.25) is 10.0 Å². The van der Waals surface area contributed by atoms with Crippen molar-refractivity contribution < 1.29 is 12.8 Å². The summed E-state index contributed by atoms with van der Waals surface area (Å²) in [6.45, 7) is 0.243. The number of nitrogens with two attached hydrogens (primary N) is 1. The van der Waals surface area contributed by atoms with Gasteiger partial charge in [0.15, 0.2) is 0 Å². The highest BCUT2D eigenvalue weighted by Gasteiger charge is 2.38. The lowest BCUT2D eigenvalue weighted by Crippen LogP contribution is -2.43. The molecule has 19 heavy (non-hydrogen) atoms. The van der Waals surface area contributed by atoms with Crippen LogP contribution in [0.3, 0.4) is 0 Å². The number of sulfonamides is 1. The van der Waals surface area contributed by atoms with Crippen molar-refractivity contribution in [1.29, 1.82) is 0 Å². The van der Waals surface area contributed by atoms with E-state index in [-0.39, 0.29) is 28.4 Å². The Kier molecular flexibility index (Phi) is 4.15. The SMILES string of the molecule is CN(C(CN)C1CC1)S(=O)(=O)c1cc(F)ccc1Cl. The van der Waals surface area contributed by atoms with E-state index in [1.165, 1.54) is 17.4 Å². The van der Waals surface area contributed by atoms with E-state index in [9.17, 15) is 12.8 Å². The van der Waals surface area contributed by atoms with Crippen molar-refractivity contribution in [3.63, 3.8) is 0 Å². The molecule has 1 aliphatic rings. The second kappa shape index (κ2) is 5.36. The van der Waals surface area contributed by atoms with Gasteiger partial charge in [-0.1, -0.05) is 11.6 Å². The van der Waals surface area contributed by atoms with E-state index < -0.39 is 15.8 Å². The average Bonchev–Trinajstić information content (AvgIpc) is 3.17. The summed E-state index contributed by atoms with van der Waals surface area (Å²) in [6, 6.07) is 3.05. The molecule has 1 aliphatic carbocycles. The molecule has 0 bridgehead atoms. The molecule has 0 aromatic heterocycles. The van der Waals surface area contributed by atoms with Crippen LogP contribution in [0.2, 0.25) is 5.02 Å². The molecule has 2 N–H and O–H groups in total. The third-order valence-electron chi connectivity index (χ3n) is 3.42. The van der Waals surface area contributed by atoms with Gasteiger partial charge >= 0.3 is 0 Å². The first-order chi connectivity index (χ1) is 8.87. The summed E-state index contributed by atoms with van der Waals surface area (Å²) in [4.78, 5) is -0.212. The predicted octanol–water partition coefficient (Wildman–Crippen LogP) is 1.84. The number of rotatable bonds is 5. The van der Waals surface area contributed by atoms with Gasteiger partial charge in [0, 0.05) is 19.6 Å². The van der Waals surface area contributed by atoms with Crippen LogP contribution in [0.5, 0.6) is 0 Å². The summed E-state index contributed by atoms with van der Waals surface area (Å²) >= 11 is 5.86. The topological polar surface area (TPSA) is 63.4 Å². The highest BCUT2D eigenvalue weighted by atomic mass is 35.5. The van der Waals surface area contributed by atoms with Gasteiger partial charge in [-0.25, -0.2) is 12.8 Å². The van der Waals surface area contributed by atoms with Crippen LogP contribution in [0, 0.1) is 11.7 Å². The van der Waals surface area contributed by atoms with E-state index in [2.05, 4.69) is 0 Å². The molecule has 0 amide bonds. The second-order valence-corrected chi connectivity index (χ2v) is 7.11. The third-order valence-corrected chi connectivity index (χ3v) is 5.79. The molecule has 0 spiro atoms. The highest BCUT2D eigenvalue weighted by Crippen LogP contribution is 2.37. The van der Waals surface area contributed by atoms with Gasteiger partial charge in [-0.15, -0.1) is 0 Å². The zero-order valence-corrected chi connectivity index (χ0v) is 12.1. The lowest BCUT2D eigenvalue weighted by molar-refractivity contribution is 0.340. The number of halogens is 2. The minimum Gasteiger partial charge on any atom is -0.329 e. The minimum atomic E-state index is -3.83. The van der Waals surface area contributed by atoms with Gasteiger partial charge in [0.25, 0.3) is 0 Å². The Morgan fingerprint density at radius 2 is 2.16 bits per heavy atom. The number of nitrogens with zero attached hydrogens (tertiary/aromatic N) is 1. The molecule has 0 radical (unpaired) electrons. The Morgan fingerprint density at radius 3 is 2.68 bits per heavy atom. The Labute approximate surface area is 117 Å². The summed E-state index contributed by atoms with van der Waals surface area (Å²) in [6.07, 6.45) is 1.94. The molecule has 1 unspecified atom stereocenters. The van der Waals surface area contributed by atoms with Crippen molar-refractivity contribution in [3.8, 4) is 0 Å². The fraction of sp³-hybridized carbons (Fsp3) is 0.500. The molecule has 0 saturated heterocycles. The molecule has 0 heterocycles. The summed E-state index contributed by atoms with van der Waals surface area (Å²) in [5.74, 6) is -0.343. The first-order valence-corrected chi connectivity index (χ1v) is 7.83. The summed E-state index contributed by atoms with van der Waals surface area (Å²) < 4.78 is 39.4. The fourth-order valence-electron chi connectivity index (χ4n) is 2.13. The Morgan fingerprint density at radius 1 is 1.53 bits per heavy atom. The Bertz CT molecular complexity index is 575. The van der Waals surface area contributed by atoms with Gasteiger partial charge in [0.05, 0.1) is 5.02 Å². The second-order valence-electron chi connectivity index (χ2n) is 4.74. The fourth-order valence-corrected chi connectivity index (χ4v) is 4.04. The Hall–Kier alpha value is -0.690. The van der Waals surface area contributed by atoms with Gasteiger partial charge in [-0.05, 0) is 37.0 Å². The van der Waals surface area contributed by atoms with E-state index >= 15 is 0 Å². The molecule has 1 aromatic rings. The zero-order valence-electron chi connectivity index (χ0n) is 10.5. The van der Waals surface area contributed by atoms with Crippen molar-refractivity contribution in [1.82, 2.24) is 4.31 Å². The molecule has 7 heteroatoms. The van der Waals surface area contributed by atoms with Crippen LogP contribution >= 0.6 is 11.6 Å². The van der Waals surface area contributed by atoms with Gasteiger partial charge in [-0.3, -0.25) is 0 Å². The third kappa shape index (κ3) is 2.91. The van der Waals surface area contributed by atoms with E-state index in [1.54, 1.807) is 0 Å². The van der Waals surface area contributed by atoms with Gasteiger partial charge < -0.3 is 5.73 Å². The standard InChI is InChI=1S/C12H16ClFN2O2S/c1-16(11(7-15)8-2-3-8)19(17,18)12-6-9(14)4-5-10(12)13/h4-6,8,11H,2-3,7,15H2,1H3. The number of hydrogen-bond acceptors (Lipinski definition) is 3. The highest BCUT2D eigenvalue weighted by molar-refractivity contribution is 7.89. The van der Waals surface area contributed by atoms with E-state index in [4.69, 9.17) is 17.3 Å². The minimum absolute atomic E-state index is 0.0137. The average molecular weight is 307 g/mol. The number of benzene rings is 1. The van der Waals surface area contributed by atoms with E-state index in [1.807, 2.05) is 0 Å². The summed E-state index contributed by atoms with van der Waals surface area (Å²) in [5.41, 5.74) is 5.64. The summed E-state index contributed by atoms with van der Waals surface area (Å²) in [7, 11) is -2.36. The molecule has 1 fully saturated rings. The van der Waals surface area contributed by atoms with Crippen LogP contribution in [-0.2, 0) is 10.0 Å². The monoisotopic (exact) mass is 306 g/mol. The first-order valence-electron chi connectivity index (χ1n) is 6.01. The normalized spacial score (nSPS) is 17.7. The molecule has 1 atom stereocenters. The maximum absolute atomic E-state index is 13.2. The van der Waals surface area contributed by atoms with Gasteiger partial charge in [-0.2, -0.15) is 4.31 Å². The smallest absolute Gasteiger partial charge is 0.244 e. The first kappa shape index (κ1) is 14.7. The van der Waals surface area contributed by atoms with Crippen LogP contribution in [0.4, 0.5) is 4.39 Å². The Balaban J connectivity index is 2.38. The maximum atomic E-state index is 13.2. The van der Waals surface area contributed by atoms with Crippen molar-refractivity contribution in [3.05, 3.63) is 29.0 Å². The van der Waals surface area contributed by atoms with E-state index in [0.717, 1.165) is 25.0 Å². The molecule has 1 aromatic carbocycles. The molecule has 106 valence electrons. The quantitative estimate of drug-likeness (QED) is 0.903. The van der Waals surface area contributed by atoms with Crippen molar-refractivity contribution in [2.24, 2.45) is 11.7 Å². The lowest BCUT2D eigenvalue weighted by Gasteiger charge is -2.26. The predicted molar refractivity (Wildman–Crippen MR) is 71.9 cm³/mol. The van der Waals surface area contributed by atoms with Crippen LogP contribution in [-0.4, -0.2) is 32.4 Å². The number of likely N-dealkylation sites (N-methyl/N-ethyl adjacent to an activating group) is 1. The molecule has 4 nitrogen and oxygen atoms in total. The van der Waals surface area contributed by atoms with Crippen molar-refractivity contribution in [2.45, 2.75) is 23.8 Å². The zero-order chi connectivity index (χ0) is 14.2. The van der Waals surface area contributed by atoms with Crippen LogP contribution in [0.15, 0.2) is 23.1 Å². The van der Waals surface area contributed by atoms with Crippen LogP contribution < -0.4 is 5.73 Å². The molecule has 2 rings (SSSR count). The molecule has 1 saturated carbocycles. The summed E-state index contributed by atoms with van der Waals surface area (Å²) in [5, 5.41) is 0.0137. The molecular weight excluding hydrogens is 291 g/mol. The lowest BCUT2D eigenvalue weighted by atomic mass is 10.2. The van der Waals surface area contributed by atoms with Crippen LogP contribution in [0.25, 0.3) is 0 Å². The maximum Gasteiger partial charge on any atom is 0.244 e.